The zero-order valence-corrected chi connectivity index (χ0v) is 14.3. The molecule has 0 spiro atoms. The first-order chi connectivity index (χ1) is 9.69. The Labute approximate surface area is 135 Å². The number of hydrogen-bond donors (Lipinski definition) is 1. The molecule has 6 heteroatoms. The number of nitrogens with zero attached hydrogens (tertiary/aromatic N) is 1. The van der Waals surface area contributed by atoms with Crippen molar-refractivity contribution in [1.29, 1.82) is 0 Å². The third kappa shape index (κ3) is 6.87. The number of likely N-dealkylation sites (N-methyl/N-ethyl adjacent to an activating group) is 1. The summed E-state index contributed by atoms with van der Waals surface area (Å²) in [5.41, 5.74) is -0.298. The maximum absolute atomic E-state index is 12.0. The first-order valence-corrected chi connectivity index (χ1v) is 7.98. The van der Waals surface area contributed by atoms with Crippen LogP contribution in [0.5, 0.6) is 0 Å². The van der Waals surface area contributed by atoms with Gasteiger partial charge in [-0.05, 0) is 32.9 Å². The summed E-state index contributed by atoms with van der Waals surface area (Å²) in [6, 6.07) is 7.37. The van der Waals surface area contributed by atoms with Gasteiger partial charge in [-0.3, -0.25) is 9.59 Å². The average Bonchev–Trinajstić information content (AvgIpc) is 2.34. The van der Waals surface area contributed by atoms with Crippen LogP contribution in [0, 0.1) is 0 Å². The minimum atomic E-state index is -0.298. The predicted molar refractivity (Wildman–Crippen MR) is 87.7 cm³/mol. The Morgan fingerprint density at radius 1 is 1.29 bits per heavy atom. The van der Waals surface area contributed by atoms with Crippen LogP contribution in [0.3, 0.4) is 0 Å². The molecule has 1 N–H and O–H groups in total. The zero-order valence-electron chi connectivity index (χ0n) is 12.8. The molecule has 0 unspecified atom stereocenters. The molecule has 0 atom stereocenters. The number of nitrogens with one attached hydrogen (secondary N) is 1. The highest BCUT2D eigenvalue weighted by atomic mass is 35.5. The van der Waals surface area contributed by atoms with Gasteiger partial charge in [-0.15, -0.1) is 11.8 Å². The second-order valence-electron chi connectivity index (χ2n) is 5.77. The van der Waals surface area contributed by atoms with E-state index in [1.165, 1.54) is 16.7 Å². The van der Waals surface area contributed by atoms with Gasteiger partial charge in [-0.25, -0.2) is 0 Å². The SMILES string of the molecule is CN(CC(=O)NC(C)(C)C)C(=O)CSc1ccccc1Cl. The molecule has 1 rings (SSSR count). The number of rotatable bonds is 5. The Hall–Kier alpha value is -1.20. The van der Waals surface area contributed by atoms with Crippen molar-refractivity contribution < 1.29 is 9.59 Å². The van der Waals surface area contributed by atoms with E-state index >= 15 is 0 Å². The molecule has 0 fully saturated rings. The highest BCUT2D eigenvalue weighted by Gasteiger charge is 2.18. The molecular weight excluding hydrogens is 308 g/mol. The molecule has 0 radical (unpaired) electrons. The summed E-state index contributed by atoms with van der Waals surface area (Å²) in [5.74, 6) is -0.0201. The van der Waals surface area contributed by atoms with E-state index in [9.17, 15) is 9.59 Å². The lowest BCUT2D eigenvalue weighted by Gasteiger charge is -2.23. The summed E-state index contributed by atoms with van der Waals surface area (Å²) < 4.78 is 0. The molecule has 116 valence electrons. The second kappa shape index (κ2) is 7.71. The van der Waals surface area contributed by atoms with Crippen LogP contribution >= 0.6 is 23.4 Å². The van der Waals surface area contributed by atoms with Gasteiger partial charge in [-0.1, -0.05) is 23.7 Å². The van der Waals surface area contributed by atoms with E-state index in [4.69, 9.17) is 11.6 Å². The third-order valence-corrected chi connectivity index (χ3v) is 4.01. The van der Waals surface area contributed by atoms with Crippen LogP contribution < -0.4 is 5.32 Å². The Kier molecular flexibility index (Phi) is 6.55. The lowest BCUT2D eigenvalue weighted by atomic mass is 10.1. The van der Waals surface area contributed by atoms with Crippen LogP contribution in [0.4, 0.5) is 0 Å². The van der Waals surface area contributed by atoms with E-state index in [-0.39, 0.29) is 29.7 Å². The molecular formula is C15H21ClN2O2S. The van der Waals surface area contributed by atoms with Gasteiger partial charge in [0.2, 0.25) is 11.8 Å². The third-order valence-electron chi connectivity index (χ3n) is 2.51. The number of carbonyl (C=O) groups excluding carboxylic acids is 2. The van der Waals surface area contributed by atoms with E-state index in [1.54, 1.807) is 13.1 Å². The summed E-state index contributed by atoms with van der Waals surface area (Å²) in [4.78, 5) is 26.1. The van der Waals surface area contributed by atoms with E-state index in [2.05, 4.69) is 5.32 Å². The Bertz CT molecular complexity index is 515. The minimum Gasteiger partial charge on any atom is -0.350 e. The van der Waals surface area contributed by atoms with Crippen molar-refractivity contribution in [2.75, 3.05) is 19.3 Å². The molecule has 1 aromatic rings. The first-order valence-electron chi connectivity index (χ1n) is 6.61. The first kappa shape index (κ1) is 17.9. The van der Waals surface area contributed by atoms with Crippen LogP contribution in [0.1, 0.15) is 20.8 Å². The van der Waals surface area contributed by atoms with Gasteiger partial charge in [-0.2, -0.15) is 0 Å². The summed E-state index contributed by atoms with van der Waals surface area (Å²) in [6.45, 7) is 5.76. The van der Waals surface area contributed by atoms with Gasteiger partial charge in [0.05, 0.1) is 17.3 Å². The average molecular weight is 329 g/mol. The van der Waals surface area contributed by atoms with Gasteiger partial charge in [0, 0.05) is 17.5 Å². The van der Waals surface area contributed by atoms with E-state index in [0.29, 0.717) is 5.02 Å². The number of amides is 2. The number of halogens is 1. The zero-order chi connectivity index (χ0) is 16.0. The molecule has 0 aliphatic rings. The van der Waals surface area contributed by atoms with Gasteiger partial charge < -0.3 is 10.2 Å². The molecule has 0 saturated carbocycles. The Morgan fingerprint density at radius 3 is 2.48 bits per heavy atom. The van der Waals surface area contributed by atoms with Gasteiger partial charge in [0.1, 0.15) is 0 Å². The maximum atomic E-state index is 12.0. The quantitative estimate of drug-likeness (QED) is 0.846. The van der Waals surface area contributed by atoms with Crippen molar-refractivity contribution >= 4 is 35.2 Å². The van der Waals surface area contributed by atoms with E-state index < -0.39 is 0 Å². The van der Waals surface area contributed by atoms with Crippen molar-refractivity contribution in [3.05, 3.63) is 29.3 Å². The molecule has 0 aliphatic carbocycles. The van der Waals surface area contributed by atoms with Gasteiger partial charge >= 0.3 is 0 Å². The number of carbonyl (C=O) groups is 2. The standard InChI is InChI=1S/C15H21ClN2O2S/c1-15(2,3)17-13(19)9-18(4)14(20)10-21-12-8-6-5-7-11(12)16/h5-8H,9-10H2,1-4H3,(H,17,19). The highest BCUT2D eigenvalue weighted by Crippen LogP contribution is 2.26. The Balaban J connectivity index is 2.45. The molecule has 0 heterocycles. The normalized spacial score (nSPS) is 11.1. The van der Waals surface area contributed by atoms with Crippen molar-refractivity contribution in [1.82, 2.24) is 10.2 Å². The smallest absolute Gasteiger partial charge is 0.240 e. The van der Waals surface area contributed by atoms with Crippen LogP contribution in [-0.4, -0.2) is 41.6 Å². The maximum Gasteiger partial charge on any atom is 0.240 e. The summed E-state index contributed by atoms with van der Waals surface area (Å²) in [7, 11) is 1.62. The molecule has 2 amide bonds. The molecule has 1 aromatic carbocycles. The molecule has 0 aromatic heterocycles. The number of thioether (sulfide) groups is 1. The topological polar surface area (TPSA) is 49.4 Å². The van der Waals surface area contributed by atoms with Crippen molar-refractivity contribution in [3.63, 3.8) is 0 Å². The van der Waals surface area contributed by atoms with Crippen LogP contribution in [-0.2, 0) is 9.59 Å². The summed E-state index contributed by atoms with van der Waals surface area (Å²) in [5, 5.41) is 3.46. The molecule has 0 aliphatic heterocycles. The molecule has 0 bridgehead atoms. The van der Waals surface area contributed by atoms with E-state index in [0.717, 1.165) is 4.90 Å². The molecule has 4 nitrogen and oxygen atoms in total. The van der Waals surface area contributed by atoms with Crippen LogP contribution in [0.25, 0.3) is 0 Å². The Morgan fingerprint density at radius 2 is 1.90 bits per heavy atom. The minimum absolute atomic E-state index is 0.0547. The summed E-state index contributed by atoms with van der Waals surface area (Å²) >= 11 is 7.40. The molecule has 0 saturated heterocycles. The van der Waals surface area contributed by atoms with Crippen LogP contribution in [0.15, 0.2) is 29.2 Å². The van der Waals surface area contributed by atoms with E-state index in [1.807, 2.05) is 39.0 Å². The van der Waals surface area contributed by atoms with Crippen molar-refractivity contribution in [3.8, 4) is 0 Å². The monoisotopic (exact) mass is 328 g/mol. The fourth-order valence-corrected chi connectivity index (χ4v) is 2.75. The van der Waals surface area contributed by atoms with Gasteiger partial charge in [0.25, 0.3) is 0 Å². The van der Waals surface area contributed by atoms with Crippen LogP contribution in [0.2, 0.25) is 5.02 Å². The lowest BCUT2D eigenvalue weighted by Crippen LogP contribution is -2.46. The summed E-state index contributed by atoms with van der Waals surface area (Å²) in [6.07, 6.45) is 0. The second-order valence-corrected chi connectivity index (χ2v) is 7.19. The fourth-order valence-electron chi connectivity index (χ4n) is 1.57. The fraction of sp³-hybridized carbons (Fsp3) is 0.467. The van der Waals surface area contributed by atoms with Crippen molar-refractivity contribution in [2.24, 2.45) is 0 Å². The predicted octanol–water partition coefficient (Wildman–Crippen LogP) is 2.81. The van der Waals surface area contributed by atoms with Gasteiger partial charge in [0.15, 0.2) is 0 Å². The molecule has 21 heavy (non-hydrogen) atoms. The largest absolute Gasteiger partial charge is 0.350 e. The number of hydrogen-bond acceptors (Lipinski definition) is 3. The number of benzene rings is 1. The lowest BCUT2D eigenvalue weighted by molar-refractivity contribution is -0.133. The van der Waals surface area contributed by atoms with Crippen molar-refractivity contribution in [2.45, 2.75) is 31.2 Å². The highest BCUT2D eigenvalue weighted by molar-refractivity contribution is 8.00.